The fourth-order valence-corrected chi connectivity index (χ4v) is 3.50. The molecule has 9 heteroatoms. The third-order valence-corrected chi connectivity index (χ3v) is 4.95. The largest absolute Gasteiger partial charge is 0.342 e. The number of likely N-dealkylation sites (tertiary alicyclic amines) is 1. The molecule has 150 valence electrons. The lowest BCUT2D eigenvalue weighted by Gasteiger charge is -2.32. The molecule has 1 aliphatic heterocycles. The maximum absolute atomic E-state index is 13.8. The number of piperidine rings is 1. The van der Waals surface area contributed by atoms with Crippen molar-refractivity contribution in [2.45, 2.75) is 25.7 Å². The van der Waals surface area contributed by atoms with Gasteiger partial charge in [-0.15, -0.1) is 0 Å². The Bertz CT molecular complexity index is 996. The van der Waals surface area contributed by atoms with Crippen molar-refractivity contribution in [2.75, 3.05) is 13.1 Å². The van der Waals surface area contributed by atoms with E-state index in [2.05, 4.69) is 20.1 Å². The van der Waals surface area contributed by atoms with E-state index in [0.717, 1.165) is 25.0 Å². The summed E-state index contributed by atoms with van der Waals surface area (Å²) in [7, 11) is 0. The van der Waals surface area contributed by atoms with Gasteiger partial charge in [0.05, 0.1) is 12.6 Å². The average Bonchev–Trinajstić information content (AvgIpc) is 3.19. The fraction of sp³-hybridized carbons (Fsp3) is 0.350. The van der Waals surface area contributed by atoms with Gasteiger partial charge in [-0.2, -0.15) is 4.98 Å². The highest BCUT2D eigenvalue weighted by atomic mass is 19.1. The molecule has 0 spiro atoms. The van der Waals surface area contributed by atoms with Crippen molar-refractivity contribution < 1.29 is 18.1 Å². The normalized spacial score (nSPS) is 16.8. The molecule has 4 rings (SSSR count). The average molecular weight is 399 g/mol. The second kappa shape index (κ2) is 8.42. The Hall–Kier alpha value is -3.23. The lowest BCUT2D eigenvalue weighted by Crippen LogP contribution is -2.41. The molecule has 0 saturated carbocycles. The molecular weight excluding hydrogens is 380 g/mol. The van der Waals surface area contributed by atoms with Gasteiger partial charge < -0.3 is 9.42 Å². The summed E-state index contributed by atoms with van der Waals surface area (Å²) in [6.07, 6.45) is 6.91. The summed E-state index contributed by atoms with van der Waals surface area (Å²) in [4.78, 5) is 26.8. The van der Waals surface area contributed by atoms with E-state index in [-0.39, 0.29) is 23.8 Å². The van der Waals surface area contributed by atoms with Gasteiger partial charge in [-0.3, -0.25) is 9.78 Å². The summed E-state index contributed by atoms with van der Waals surface area (Å²) >= 11 is 0. The number of aromatic nitrogens is 4. The van der Waals surface area contributed by atoms with E-state index >= 15 is 0 Å². The van der Waals surface area contributed by atoms with Gasteiger partial charge in [0.1, 0.15) is 17.3 Å². The van der Waals surface area contributed by atoms with Crippen LogP contribution in [0, 0.1) is 17.6 Å². The molecule has 1 amide bonds. The van der Waals surface area contributed by atoms with Crippen LogP contribution in [0.2, 0.25) is 0 Å². The Morgan fingerprint density at radius 3 is 2.97 bits per heavy atom. The molecular formula is C20H19F2N5O2. The van der Waals surface area contributed by atoms with E-state index in [1.807, 2.05) is 0 Å². The highest BCUT2D eigenvalue weighted by Crippen LogP contribution is 2.22. The molecule has 0 bridgehead atoms. The molecule has 1 atom stereocenters. The zero-order valence-electron chi connectivity index (χ0n) is 15.6. The number of amides is 1. The quantitative estimate of drug-likeness (QED) is 0.656. The molecule has 3 heterocycles. The lowest BCUT2D eigenvalue weighted by atomic mass is 9.94. The fourth-order valence-electron chi connectivity index (χ4n) is 3.50. The molecule has 1 aliphatic rings. The predicted molar refractivity (Wildman–Crippen MR) is 98.4 cm³/mol. The van der Waals surface area contributed by atoms with Crippen LogP contribution in [0.3, 0.4) is 0 Å². The van der Waals surface area contributed by atoms with Crippen molar-refractivity contribution in [2.24, 2.45) is 5.92 Å². The Balaban J connectivity index is 1.37. The van der Waals surface area contributed by atoms with Crippen molar-refractivity contribution >= 4 is 5.91 Å². The molecule has 0 unspecified atom stereocenters. The van der Waals surface area contributed by atoms with Crippen LogP contribution < -0.4 is 0 Å². The SMILES string of the molecule is O=C(Cc1ccc(F)cc1F)N1CCC[C@@H](Cc2nc(-c3cnccn3)no2)C1. The molecule has 7 nitrogen and oxygen atoms in total. The van der Waals surface area contributed by atoms with Gasteiger partial charge >= 0.3 is 0 Å². The number of hydrogen-bond acceptors (Lipinski definition) is 6. The van der Waals surface area contributed by atoms with Crippen molar-refractivity contribution in [3.63, 3.8) is 0 Å². The summed E-state index contributed by atoms with van der Waals surface area (Å²) in [6, 6.07) is 3.28. The highest BCUT2D eigenvalue weighted by molar-refractivity contribution is 5.79. The zero-order chi connectivity index (χ0) is 20.2. The zero-order valence-corrected chi connectivity index (χ0v) is 15.6. The minimum absolute atomic E-state index is 0.0871. The number of carbonyl (C=O) groups is 1. The van der Waals surface area contributed by atoms with E-state index in [0.29, 0.717) is 36.9 Å². The first-order valence-electron chi connectivity index (χ1n) is 9.39. The maximum atomic E-state index is 13.8. The van der Waals surface area contributed by atoms with Crippen LogP contribution in [-0.4, -0.2) is 44.0 Å². The Morgan fingerprint density at radius 1 is 1.28 bits per heavy atom. The van der Waals surface area contributed by atoms with Gasteiger partial charge in [0, 0.05) is 38.0 Å². The van der Waals surface area contributed by atoms with Crippen LogP contribution in [0.5, 0.6) is 0 Å². The third-order valence-electron chi connectivity index (χ3n) is 4.95. The molecule has 1 aromatic carbocycles. The second-order valence-electron chi connectivity index (χ2n) is 7.07. The standard InChI is InChI=1S/C20H19F2N5O2/c21-15-4-3-14(16(22)10-15)9-19(28)27-7-1-2-13(12-27)8-18-25-20(26-29-18)17-11-23-5-6-24-17/h3-6,10-11,13H,1-2,7-9,12H2/t13-/m0/s1. The van der Waals surface area contributed by atoms with E-state index in [1.54, 1.807) is 23.5 Å². The van der Waals surface area contributed by atoms with Gasteiger partial charge in [-0.05, 0) is 30.4 Å². The van der Waals surface area contributed by atoms with Gasteiger partial charge in [-0.25, -0.2) is 13.8 Å². The van der Waals surface area contributed by atoms with Gasteiger partial charge in [0.2, 0.25) is 17.6 Å². The van der Waals surface area contributed by atoms with E-state index in [4.69, 9.17) is 4.52 Å². The smallest absolute Gasteiger partial charge is 0.227 e. The maximum Gasteiger partial charge on any atom is 0.227 e. The van der Waals surface area contributed by atoms with Gasteiger partial charge in [-0.1, -0.05) is 11.2 Å². The van der Waals surface area contributed by atoms with E-state index in [1.165, 1.54) is 6.07 Å². The molecule has 0 N–H and O–H groups in total. The minimum atomic E-state index is -0.700. The number of carbonyl (C=O) groups excluding carboxylic acids is 1. The number of rotatable bonds is 5. The molecule has 1 fully saturated rings. The van der Waals surface area contributed by atoms with Crippen molar-refractivity contribution in [3.05, 3.63) is 59.9 Å². The van der Waals surface area contributed by atoms with E-state index < -0.39 is 11.6 Å². The molecule has 0 aliphatic carbocycles. The van der Waals surface area contributed by atoms with Crippen LogP contribution in [-0.2, 0) is 17.6 Å². The first-order valence-corrected chi connectivity index (χ1v) is 9.39. The Morgan fingerprint density at radius 2 is 2.17 bits per heavy atom. The molecule has 1 saturated heterocycles. The van der Waals surface area contributed by atoms with Crippen LogP contribution in [0.1, 0.15) is 24.3 Å². The predicted octanol–water partition coefficient (Wildman–Crippen LogP) is 2.83. The van der Waals surface area contributed by atoms with E-state index in [9.17, 15) is 13.6 Å². The first-order chi connectivity index (χ1) is 14.1. The summed E-state index contributed by atoms with van der Waals surface area (Å²) in [5.41, 5.74) is 0.730. The van der Waals surface area contributed by atoms with Crippen molar-refractivity contribution in [1.29, 1.82) is 0 Å². The molecule has 2 aromatic heterocycles. The molecule has 29 heavy (non-hydrogen) atoms. The second-order valence-corrected chi connectivity index (χ2v) is 7.07. The van der Waals surface area contributed by atoms with Gasteiger partial charge in [0.15, 0.2) is 0 Å². The van der Waals surface area contributed by atoms with Crippen LogP contribution >= 0.6 is 0 Å². The highest BCUT2D eigenvalue weighted by Gasteiger charge is 2.26. The lowest BCUT2D eigenvalue weighted by molar-refractivity contribution is -0.132. The van der Waals surface area contributed by atoms with Gasteiger partial charge in [0.25, 0.3) is 0 Å². The Labute approximate surface area is 165 Å². The number of hydrogen-bond donors (Lipinski definition) is 0. The van der Waals surface area contributed by atoms with Crippen LogP contribution in [0.15, 0.2) is 41.3 Å². The monoisotopic (exact) mass is 399 g/mol. The van der Waals surface area contributed by atoms with Crippen LogP contribution in [0.25, 0.3) is 11.5 Å². The first kappa shape index (κ1) is 19.1. The summed E-state index contributed by atoms with van der Waals surface area (Å²) in [5.74, 6) is -0.503. The molecule has 0 radical (unpaired) electrons. The number of halogens is 2. The van der Waals surface area contributed by atoms with Crippen molar-refractivity contribution in [1.82, 2.24) is 25.0 Å². The minimum Gasteiger partial charge on any atom is -0.342 e. The molecule has 3 aromatic rings. The Kier molecular flexibility index (Phi) is 5.55. The number of benzene rings is 1. The summed E-state index contributed by atoms with van der Waals surface area (Å²) in [6.45, 7) is 1.15. The number of nitrogens with zero attached hydrogens (tertiary/aromatic N) is 5. The van der Waals surface area contributed by atoms with Crippen molar-refractivity contribution in [3.8, 4) is 11.5 Å². The summed E-state index contributed by atoms with van der Waals surface area (Å²) in [5, 5.41) is 3.94. The topological polar surface area (TPSA) is 85.0 Å². The summed E-state index contributed by atoms with van der Waals surface area (Å²) < 4.78 is 32.2. The van der Waals surface area contributed by atoms with Crippen LogP contribution in [0.4, 0.5) is 8.78 Å². The third kappa shape index (κ3) is 4.61.